The number of halogens is 2. The zero-order valence-electron chi connectivity index (χ0n) is 9.73. The van der Waals surface area contributed by atoms with Gasteiger partial charge in [-0.1, -0.05) is 53.7 Å². The molecule has 0 fully saturated rings. The molecule has 0 aliphatic carbocycles. The van der Waals surface area contributed by atoms with E-state index < -0.39 is 0 Å². The van der Waals surface area contributed by atoms with Crippen molar-refractivity contribution in [2.45, 2.75) is 39.2 Å². The molecule has 0 radical (unpaired) electrons. The molecule has 0 amide bonds. The van der Waals surface area contributed by atoms with Crippen LogP contribution in [0.2, 0.25) is 5.02 Å². The highest BCUT2D eigenvalue weighted by Crippen LogP contribution is 2.20. The minimum Gasteiger partial charge on any atom is -0.313 e. The molecule has 90 valence electrons. The zero-order chi connectivity index (χ0) is 11.8. The number of benzene rings is 1. The molecule has 0 atom stereocenters. The number of nitrogens with one attached hydrogen (secondary N) is 1. The Bertz CT molecular complexity index is 315. The second-order valence-corrected chi connectivity index (χ2v) is 5.26. The van der Waals surface area contributed by atoms with E-state index in [1.807, 2.05) is 18.2 Å². The first-order chi connectivity index (χ1) is 7.74. The molecule has 1 nitrogen and oxygen atoms in total. The van der Waals surface area contributed by atoms with E-state index in [4.69, 9.17) is 11.6 Å². The maximum atomic E-state index is 5.95. The van der Waals surface area contributed by atoms with Crippen molar-refractivity contribution in [3.8, 4) is 0 Å². The number of hydrogen-bond donors (Lipinski definition) is 1. The summed E-state index contributed by atoms with van der Waals surface area (Å²) in [6.45, 7) is 4.20. The third-order valence-electron chi connectivity index (χ3n) is 2.53. The van der Waals surface area contributed by atoms with Crippen LogP contribution >= 0.6 is 27.5 Å². The summed E-state index contributed by atoms with van der Waals surface area (Å²) in [5.74, 6) is 0. The van der Waals surface area contributed by atoms with Crippen molar-refractivity contribution in [2.24, 2.45) is 0 Å². The third-order valence-corrected chi connectivity index (χ3v) is 3.54. The van der Waals surface area contributed by atoms with Gasteiger partial charge in [-0.05, 0) is 36.7 Å². The first-order valence-electron chi connectivity index (χ1n) is 5.88. The van der Waals surface area contributed by atoms with Gasteiger partial charge < -0.3 is 5.32 Å². The lowest BCUT2D eigenvalue weighted by molar-refractivity contribution is 0.597. The number of unbranched alkanes of at least 4 members (excludes halogenated alkanes) is 3. The van der Waals surface area contributed by atoms with Crippen LogP contribution in [0.1, 0.15) is 38.2 Å². The Morgan fingerprint density at radius 2 is 2.06 bits per heavy atom. The second kappa shape index (κ2) is 8.10. The summed E-state index contributed by atoms with van der Waals surface area (Å²) in [6, 6.07) is 5.90. The molecule has 0 aliphatic heterocycles. The molecule has 16 heavy (non-hydrogen) atoms. The summed E-state index contributed by atoms with van der Waals surface area (Å²) in [6.07, 6.45) is 5.20. The third kappa shape index (κ3) is 5.33. The predicted molar refractivity (Wildman–Crippen MR) is 75.0 cm³/mol. The lowest BCUT2D eigenvalue weighted by atomic mass is 10.2. The summed E-state index contributed by atoms with van der Waals surface area (Å²) >= 11 is 9.48. The van der Waals surface area contributed by atoms with E-state index >= 15 is 0 Å². The molecule has 1 aromatic carbocycles. The van der Waals surface area contributed by atoms with E-state index in [1.54, 1.807) is 0 Å². The molecular weight excluding hydrogens is 286 g/mol. The monoisotopic (exact) mass is 303 g/mol. The maximum absolute atomic E-state index is 5.95. The fourth-order valence-electron chi connectivity index (χ4n) is 1.58. The second-order valence-electron chi connectivity index (χ2n) is 3.97. The maximum Gasteiger partial charge on any atom is 0.0410 e. The lowest BCUT2D eigenvalue weighted by Crippen LogP contribution is -2.14. The van der Waals surface area contributed by atoms with Gasteiger partial charge in [0, 0.05) is 16.0 Å². The van der Waals surface area contributed by atoms with Crippen LogP contribution in [0.15, 0.2) is 22.7 Å². The van der Waals surface area contributed by atoms with Crippen molar-refractivity contribution in [1.29, 1.82) is 0 Å². The fourth-order valence-corrected chi connectivity index (χ4v) is 2.16. The number of hydrogen-bond acceptors (Lipinski definition) is 1. The molecule has 0 heterocycles. The minimum atomic E-state index is 0.797. The van der Waals surface area contributed by atoms with Crippen molar-refractivity contribution in [3.63, 3.8) is 0 Å². The van der Waals surface area contributed by atoms with E-state index in [9.17, 15) is 0 Å². The first kappa shape index (κ1) is 14.0. The Morgan fingerprint density at radius 3 is 2.81 bits per heavy atom. The van der Waals surface area contributed by atoms with Crippen LogP contribution < -0.4 is 5.32 Å². The van der Waals surface area contributed by atoms with E-state index in [0.29, 0.717) is 0 Å². The van der Waals surface area contributed by atoms with E-state index in [1.165, 1.54) is 31.2 Å². The van der Waals surface area contributed by atoms with Gasteiger partial charge in [-0.2, -0.15) is 0 Å². The fraction of sp³-hybridized carbons (Fsp3) is 0.538. The predicted octanol–water partition coefficient (Wildman–Crippen LogP) is 4.77. The Morgan fingerprint density at radius 1 is 1.25 bits per heavy atom. The molecule has 0 aromatic heterocycles. The lowest BCUT2D eigenvalue weighted by Gasteiger charge is -2.07. The molecule has 0 saturated heterocycles. The van der Waals surface area contributed by atoms with E-state index in [-0.39, 0.29) is 0 Å². The van der Waals surface area contributed by atoms with Crippen molar-refractivity contribution in [2.75, 3.05) is 6.54 Å². The summed E-state index contributed by atoms with van der Waals surface area (Å²) < 4.78 is 1.12. The SMILES string of the molecule is CCCCCCNCc1cc(Cl)ccc1Br. The van der Waals surface area contributed by atoms with Crippen LogP contribution in [-0.4, -0.2) is 6.54 Å². The standard InChI is InChI=1S/C13H19BrClN/c1-2-3-4-5-8-16-10-11-9-12(15)6-7-13(11)14/h6-7,9,16H,2-5,8,10H2,1H3. The van der Waals surface area contributed by atoms with Gasteiger partial charge >= 0.3 is 0 Å². The molecule has 0 bridgehead atoms. The average molecular weight is 305 g/mol. The van der Waals surface area contributed by atoms with Crippen molar-refractivity contribution in [3.05, 3.63) is 33.3 Å². The summed E-state index contributed by atoms with van der Waals surface area (Å²) in [5.41, 5.74) is 1.22. The Kier molecular flexibility index (Phi) is 7.10. The Balaban J connectivity index is 2.23. The van der Waals surface area contributed by atoms with Crippen LogP contribution in [-0.2, 0) is 6.54 Å². The topological polar surface area (TPSA) is 12.0 Å². The minimum absolute atomic E-state index is 0.797. The van der Waals surface area contributed by atoms with Gasteiger partial charge in [0.1, 0.15) is 0 Å². The number of rotatable bonds is 7. The molecule has 3 heteroatoms. The van der Waals surface area contributed by atoms with E-state index in [0.717, 1.165) is 22.6 Å². The Hall–Kier alpha value is -0.0500. The van der Waals surface area contributed by atoms with Crippen LogP contribution in [0.5, 0.6) is 0 Å². The molecule has 1 N–H and O–H groups in total. The summed E-state index contributed by atoms with van der Waals surface area (Å²) in [4.78, 5) is 0. The van der Waals surface area contributed by atoms with Gasteiger partial charge in [0.05, 0.1) is 0 Å². The molecule has 0 unspecified atom stereocenters. The van der Waals surface area contributed by atoms with Gasteiger partial charge in [-0.25, -0.2) is 0 Å². The highest BCUT2D eigenvalue weighted by atomic mass is 79.9. The van der Waals surface area contributed by atoms with Gasteiger partial charge in [0.2, 0.25) is 0 Å². The zero-order valence-corrected chi connectivity index (χ0v) is 12.1. The van der Waals surface area contributed by atoms with E-state index in [2.05, 4.69) is 28.2 Å². The van der Waals surface area contributed by atoms with Crippen molar-refractivity contribution < 1.29 is 0 Å². The summed E-state index contributed by atoms with van der Waals surface area (Å²) in [7, 11) is 0. The summed E-state index contributed by atoms with van der Waals surface area (Å²) in [5, 5.41) is 4.24. The molecule has 1 aromatic rings. The highest BCUT2D eigenvalue weighted by Gasteiger charge is 2.00. The van der Waals surface area contributed by atoms with Crippen LogP contribution in [0.25, 0.3) is 0 Å². The molecule has 0 aliphatic rings. The molecule has 0 saturated carbocycles. The molecule has 1 rings (SSSR count). The van der Waals surface area contributed by atoms with Crippen LogP contribution in [0, 0.1) is 0 Å². The average Bonchev–Trinajstić information content (AvgIpc) is 2.28. The van der Waals surface area contributed by atoms with Crippen LogP contribution in [0.4, 0.5) is 0 Å². The van der Waals surface area contributed by atoms with Gasteiger partial charge in [0.25, 0.3) is 0 Å². The van der Waals surface area contributed by atoms with Crippen molar-refractivity contribution in [1.82, 2.24) is 5.32 Å². The normalized spacial score (nSPS) is 10.7. The quantitative estimate of drug-likeness (QED) is 0.715. The van der Waals surface area contributed by atoms with Crippen LogP contribution in [0.3, 0.4) is 0 Å². The van der Waals surface area contributed by atoms with Gasteiger partial charge in [0.15, 0.2) is 0 Å². The Labute approximate surface area is 112 Å². The highest BCUT2D eigenvalue weighted by molar-refractivity contribution is 9.10. The van der Waals surface area contributed by atoms with Crippen molar-refractivity contribution >= 4 is 27.5 Å². The molecule has 0 spiro atoms. The first-order valence-corrected chi connectivity index (χ1v) is 7.05. The van der Waals surface area contributed by atoms with Gasteiger partial charge in [-0.3, -0.25) is 0 Å². The molecular formula is C13H19BrClN. The van der Waals surface area contributed by atoms with Gasteiger partial charge in [-0.15, -0.1) is 0 Å². The smallest absolute Gasteiger partial charge is 0.0410 e. The largest absolute Gasteiger partial charge is 0.313 e.